The summed E-state index contributed by atoms with van der Waals surface area (Å²) in [4.78, 5) is 6.71. The monoisotopic (exact) mass is 415 g/mol. The summed E-state index contributed by atoms with van der Waals surface area (Å²) in [6.07, 6.45) is 5.10. The highest BCUT2D eigenvalue weighted by atomic mass is 19.3. The van der Waals surface area contributed by atoms with Crippen LogP contribution in [0.15, 0.2) is 18.3 Å². The number of pyridine rings is 1. The van der Waals surface area contributed by atoms with Gasteiger partial charge in [-0.1, -0.05) is 0 Å². The molecule has 4 atom stereocenters. The highest BCUT2D eigenvalue weighted by molar-refractivity contribution is 5.67. The summed E-state index contributed by atoms with van der Waals surface area (Å²) >= 11 is 0. The summed E-state index contributed by atoms with van der Waals surface area (Å²) in [6, 6.07) is 5.30. The quantitative estimate of drug-likeness (QED) is 0.781. The van der Waals surface area contributed by atoms with Crippen molar-refractivity contribution < 1.29 is 18.3 Å². The van der Waals surface area contributed by atoms with Gasteiger partial charge in [-0.15, -0.1) is 0 Å². The number of aromatic nitrogens is 3. The van der Waals surface area contributed by atoms with E-state index in [0.717, 1.165) is 44.2 Å². The van der Waals surface area contributed by atoms with Gasteiger partial charge < -0.3 is 15.2 Å². The average Bonchev–Trinajstić information content (AvgIpc) is 3.19. The van der Waals surface area contributed by atoms with Gasteiger partial charge >= 0.3 is 6.61 Å². The third-order valence-electron chi connectivity index (χ3n) is 8.06. The lowest BCUT2D eigenvalue weighted by Gasteiger charge is -2.35. The van der Waals surface area contributed by atoms with Crippen LogP contribution in [0.4, 0.5) is 14.6 Å². The Morgan fingerprint density at radius 1 is 1.23 bits per heavy atom. The molecule has 2 bridgehead atoms. The Balaban J connectivity index is 1.25. The van der Waals surface area contributed by atoms with Crippen molar-refractivity contribution >= 4 is 5.82 Å². The number of anilines is 1. The third kappa shape index (κ3) is 2.09. The van der Waals surface area contributed by atoms with Crippen molar-refractivity contribution in [1.82, 2.24) is 19.7 Å². The summed E-state index contributed by atoms with van der Waals surface area (Å²) in [7, 11) is 0. The predicted molar refractivity (Wildman–Crippen MR) is 103 cm³/mol. The van der Waals surface area contributed by atoms with Crippen molar-refractivity contribution in [3.8, 4) is 17.0 Å². The number of halogens is 2. The van der Waals surface area contributed by atoms with E-state index in [9.17, 15) is 8.78 Å². The smallest absolute Gasteiger partial charge is 0.387 e. The normalized spacial score (nSPS) is 34.6. The molecule has 30 heavy (non-hydrogen) atoms. The molecule has 0 aromatic carbocycles. The molecule has 3 saturated carbocycles. The van der Waals surface area contributed by atoms with Crippen LogP contribution in [0.1, 0.15) is 31.0 Å². The Hall–Kier alpha value is -2.26. The van der Waals surface area contributed by atoms with Gasteiger partial charge in [0.25, 0.3) is 0 Å². The number of alkyl halides is 2. The second kappa shape index (κ2) is 5.70. The lowest BCUT2D eigenvalue weighted by Crippen LogP contribution is -2.48. The van der Waals surface area contributed by atoms with Gasteiger partial charge in [0, 0.05) is 35.5 Å². The van der Waals surface area contributed by atoms with Crippen molar-refractivity contribution in [3.63, 3.8) is 0 Å². The number of piperidine rings is 1. The molecule has 0 radical (unpaired) electrons. The largest absolute Gasteiger partial charge is 0.431 e. The molecule has 8 rings (SSSR count). The van der Waals surface area contributed by atoms with E-state index in [1.165, 1.54) is 18.2 Å². The summed E-state index contributed by atoms with van der Waals surface area (Å²) in [5.74, 6) is 1.31. The summed E-state index contributed by atoms with van der Waals surface area (Å²) in [5, 5.41) is 4.94. The Labute approximate surface area is 172 Å². The molecule has 9 heteroatoms. The van der Waals surface area contributed by atoms with Gasteiger partial charge in [0.2, 0.25) is 0 Å². The number of rotatable bonds is 6. The van der Waals surface area contributed by atoms with Gasteiger partial charge in [-0.2, -0.15) is 13.9 Å². The van der Waals surface area contributed by atoms with Crippen LogP contribution in [0.3, 0.4) is 0 Å². The molecule has 2 N–H and O–H groups in total. The number of nitrogens with two attached hydrogens (primary N) is 1. The van der Waals surface area contributed by atoms with Crippen LogP contribution in [-0.4, -0.2) is 58.1 Å². The fourth-order valence-corrected chi connectivity index (χ4v) is 6.19. The molecule has 3 aliphatic heterocycles. The number of nitrogens with zero attached hydrogens (tertiary/aromatic N) is 4. The molecule has 7 nitrogen and oxygen atoms in total. The summed E-state index contributed by atoms with van der Waals surface area (Å²) < 4.78 is 37.6. The standard InChI is InChI=1S/C21H23F2N5O2/c22-20(23)30-15-4-10(6-25-19(15)24)14-5-16(28(26-14)11-2-1-3-11)21-13-7-27(12-8-29-9-12)18(21)17(13)21/h4-6,11-13,17-18,20H,1-3,7-9H2,(H2,24,25)/t13-,17-,18?,21-/m0/s1. The van der Waals surface area contributed by atoms with Crippen LogP contribution in [0, 0.1) is 11.8 Å². The van der Waals surface area contributed by atoms with Gasteiger partial charge in [0.1, 0.15) is 0 Å². The molecule has 6 fully saturated rings. The summed E-state index contributed by atoms with van der Waals surface area (Å²) in [5.41, 5.74) is 8.68. The van der Waals surface area contributed by atoms with Crippen molar-refractivity contribution in [2.75, 3.05) is 25.5 Å². The van der Waals surface area contributed by atoms with Crippen LogP contribution >= 0.6 is 0 Å². The Bertz CT molecular complexity index is 1030. The number of nitrogen functional groups attached to an aromatic ring is 1. The first-order valence-electron chi connectivity index (χ1n) is 10.7. The minimum Gasteiger partial charge on any atom is -0.431 e. The number of fused-ring (bicyclic) bond motifs is 1. The maximum Gasteiger partial charge on any atom is 0.387 e. The second-order valence-electron chi connectivity index (χ2n) is 9.33. The van der Waals surface area contributed by atoms with Crippen molar-refractivity contribution in [2.24, 2.45) is 11.8 Å². The predicted octanol–water partition coefficient (Wildman–Crippen LogP) is 2.43. The molecule has 3 saturated heterocycles. The van der Waals surface area contributed by atoms with E-state index in [1.807, 2.05) is 0 Å². The van der Waals surface area contributed by atoms with Crippen molar-refractivity contribution in [3.05, 3.63) is 24.0 Å². The fourth-order valence-electron chi connectivity index (χ4n) is 6.19. The topological polar surface area (TPSA) is 78.4 Å². The van der Waals surface area contributed by atoms with Crippen molar-refractivity contribution in [2.45, 2.75) is 49.4 Å². The molecule has 2 aromatic heterocycles. The Morgan fingerprint density at radius 2 is 2.07 bits per heavy atom. The zero-order chi connectivity index (χ0) is 20.2. The SMILES string of the molecule is Nc1ncc(-c2cc([C@]34C5[C@@H]3[C@@H]4CN5C3COC3)n(C3CCC3)n2)cc1OC(F)F. The number of hydrogen-bond acceptors (Lipinski definition) is 6. The molecular formula is C21H23F2N5O2. The van der Waals surface area contributed by atoms with Gasteiger partial charge in [-0.25, -0.2) is 4.98 Å². The highest BCUT2D eigenvalue weighted by Gasteiger charge is 2.94. The van der Waals surface area contributed by atoms with Gasteiger partial charge in [0.15, 0.2) is 11.6 Å². The zero-order valence-electron chi connectivity index (χ0n) is 16.4. The summed E-state index contributed by atoms with van der Waals surface area (Å²) in [6.45, 7) is -0.0847. The first-order chi connectivity index (χ1) is 14.6. The second-order valence-corrected chi connectivity index (χ2v) is 9.33. The molecule has 2 aromatic rings. The molecule has 5 heterocycles. The van der Waals surface area contributed by atoms with Crippen LogP contribution < -0.4 is 10.5 Å². The Kier molecular flexibility index (Phi) is 3.31. The Morgan fingerprint density at radius 3 is 2.70 bits per heavy atom. The average molecular weight is 415 g/mol. The maximum absolute atomic E-state index is 12.7. The van der Waals surface area contributed by atoms with Crippen molar-refractivity contribution in [1.29, 1.82) is 0 Å². The first kappa shape index (κ1) is 17.4. The molecular weight excluding hydrogens is 392 g/mol. The van der Waals surface area contributed by atoms with Gasteiger partial charge in [-0.05, 0) is 43.2 Å². The number of ether oxygens (including phenoxy) is 2. The molecule has 158 valence electrons. The molecule has 1 unspecified atom stereocenters. The maximum atomic E-state index is 12.7. The zero-order valence-corrected chi connectivity index (χ0v) is 16.4. The highest BCUT2D eigenvalue weighted by Crippen LogP contribution is 2.86. The molecule has 0 spiro atoms. The van der Waals surface area contributed by atoms with Gasteiger partial charge in [0.05, 0.1) is 31.0 Å². The molecule has 0 amide bonds. The molecule has 6 aliphatic rings. The minimum atomic E-state index is -2.94. The van der Waals surface area contributed by atoms with E-state index in [4.69, 9.17) is 15.6 Å². The van der Waals surface area contributed by atoms with E-state index in [1.54, 1.807) is 6.20 Å². The van der Waals surface area contributed by atoms with Crippen LogP contribution in [0.5, 0.6) is 5.75 Å². The first-order valence-corrected chi connectivity index (χ1v) is 10.7. The van der Waals surface area contributed by atoms with E-state index in [0.29, 0.717) is 29.6 Å². The van der Waals surface area contributed by atoms with E-state index in [2.05, 4.69) is 25.4 Å². The minimum absolute atomic E-state index is 0.0443. The van der Waals surface area contributed by atoms with E-state index < -0.39 is 6.61 Å². The lowest BCUT2D eigenvalue weighted by molar-refractivity contribution is -0.0601. The van der Waals surface area contributed by atoms with E-state index >= 15 is 0 Å². The lowest BCUT2D eigenvalue weighted by atomic mass is 9.92. The van der Waals surface area contributed by atoms with Crippen LogP contribution in [0.25, 0.3) is 11.3 Å². The van der Waals surface area contributed by atoms with Crippen LogP contribution in [-0.2, 0) is 10.2 Å². The third-order valence-corrected chi connectivity index (χ3v) is 8.06. The van der Waals surface area contributed by atoms with Crippen LogP contribution in [0.2, 0.25) is 0 Å². The fraction of sp³-hybridized carbons (Fsp3) is 0.619. The van der Waals surface area contributed by atoms with E-state index in [-0.39, 0.29) is 17.0 Å². The molecule has 3 aliphatic carbocycles. The number of hydrogen-bond donors (Lipinski definition) is 1. The van der Waals surface area contributed by atoms with Gasteiger partial charge in [-0.3, -0.25) is 9.58 Å².